The van der Waals surface area contributed by atoms with Crippen LogP contribution in [0.2, 0.25) is 0 Å². The molecular formula is C17H25F9O2. The Labute approximate surface area is 157 Å². The van der Waals surface area contributed by atoms with Crippen molar-refractivity contribution in [2.75, 3.05) is 19.8 Å². The molecule has 0 aromatic carbocycles. The van der Waals surface area contributed by atoms with Crippen molar-refractivity contribution in [1.82, 2.24) is 0 Å². The maximum atomic E-state index is 13.3. The Morgan fingerprint density at radius 2 is 1.36 bits per heavy atom. The number of alkyl halides is 9. The molecule has 28 heavy (non-hydrogen) atoms. The van der Waals surface area contributed by atoms with E-state index >= 15 is 0 Å². The van der Waals surface area contributed by atoms with Crippen LogP contribution in [-0.2, 0) is 9.47 Å². The van der Waals surface area contributed by atoms with Gasteiger partial charge >= 0.3 is 23.9 Å². The molecular weight excluding hydrogens is 407 g/mol. The second-order valence-corrected chi connectivity index (χ2v) is 6.90. The fourth-order valence-electron chi connectivity index (χ4n) is 2.84. The van der Waals surface area contributed by atoms with Crippen LogP contribution in [-0.4, -0.2) is 49.9 Å². The van der Waals surface area contributed by atoms with Gasteiger partial charge in [0.05, 0.1) is 6.10 Å². The average Bonchev–Trinajstić information content (AvgIpc) is 3.08. The van der Waals surface area contributed by atoms with Crippen molar-refractivity contribution < 1.29 is 49.0 Å². The average molecular weight is 432 g/mol. The molecule has 1 aliphatic heterocycles. The molecule has 2 nitrogen and oxygen atoms in total. The molecule has 1 aliphatic rings. The van der Waals surface area contributed by atoms with E-state index in [4.69, 9.17) is 9.47 Å². The quantitative estimate of drug-likeness (QED) is 0.248. The lowest BCUT2D eigenvalue weighted by atomic mass is 9.98. The molecule has 0 amide bonds. The van der Waals surface area contributed by atoms with E-state index in [1.54, 1.807) is 0 Å². The minimum absolute atomic E-state index is 0.0131. The van der Waals surface area contributed by atoms with E-state index in [2.05, 4.69) is 0 Å². The van der Waals surface area contributed by atoms with Crippen molar-refractivity contribution >= 4 is 0 Å². The van der Waals surface area contributed by atoms with Gasteiger partial charge in [0.25, 0.3) is 0 Å². The van der Waals surface area contributed by atoms with Gasteiger partial charge in [-0.2, -0.15) is 39.5 Å². The van der Waals surface area contributed by atoms with Gasteiger partial charge < -0.3 is 9.47 Å². The van der Waals surface area contributed by atoms with Gasteiger partial charge in [0.2, 0.25) is 0 Å². The van der Waals surface area contributed by atoms with Crippen molar-refractivity contribution in [1.29, 1.82) is 0 Å². The van der Waals surface area contributed by atoms with Crippen molar-refractivity contribution in [2.24, 2.45) is 0 Å². The predicted molar refractivity (Wildman–Crippen MR) is 83.0 cm³/mol. The SMILES string of the molecule is FC(F)(F)C(F)(F)C(F)(F)C(F)(F)CCCCCCCOCCC1CCCO1. The zero-order chi connectivity index (χ0) is 21.5. The topological polar surface area (TPSA) is 18.5 Å². The van der Waals surface area contributed by atoms with Crippen LogP contribution in [0.3, 0.4) is 0 Å². The highest BCUT2D eigenvalue weighted by molar-refractivity contribution is 5.00. The Bertz CT molecular complexity index is 446. The van der Waals surface area contributed by atoms with E-state index in [0.717, 1.165) is 25.9 Å². The van der Waals surface area contributed by atoms with E-state index in [9.17, 15) is 39.5 Å². The number of rotatable bonds is 13. The van der Waals surface area contributed by atoms with Crippen LogP contribution in [0.25, 0.3) is 0 Å². The molecule has 0 radical (unpaired) electrons. The normalized spacial score (nSPS) is 19.4. The van der Waals surface area contributed by atoms with Crippen LogP contribution in [0, 0.1) is 0 Å². The summed E-state index contributed by atoms with van der Waals surface area (Å²) in [5.74, 6) is -18.8. The molecule has 1 heterocycles. The Morgan fingerprint density at radius 1 is 0.750 bits per heavy atom. The highest BCUT2D eigenvalue weighted by Gasteiger charge is 2.81. The summed E-state index contributed by atoms with van der Waals surface area (Å²) in [5.41, 5.74) is 0. The van der Waals surface area contributed by atoms with E-state index in [-0.39, 0.29) is 12.5 Å². The third-order valence-electron chi connectivity index (χ3n) is 4.60. The third-order valence-corrected chi connectivity index (χ3v) is 4.60. The molecule has 11 heteroatoms. The van der Waals surface area contributed by atoms with Crippen molar-refractivity contribution in [3.8, 4) is 0 Å². The lowest BCUT2D eigenvalue weighted by Gasteiger charge is -2.33. The molecule has 0 aliphatic carbocycles. The second-order valence-electron chi connectivity index (χ2n) is 6.90. The Morgan fingerprint density at radius 3 is 1.93 bits per heavy atom. The lowest BCUT2D eigenvalue weighted by Crippen LogP contribution is -2.60. The fourth-order valence-corrected chi connectivity index (χ4v) is 2.84. The van der Waals surface area contributed by atoms with Gasteiger partial charge in [0, 0.05) is 26.2 Å². The number of halogens is 9. The van der Waals surface area contributed by atoms with E-state index in [1.165, 1.54) is 0 Å². The summed E-state index contributed by atoms with van der Waals surface area (Å²) in [5, 5.41) is 0. The molecule has 1 fully saturated rings. The molecule has 0 aromatic heterocycles. The Kier molecular flexibility index (Phi) is 9.37. The van der Waals surface area contributed by atoms with Gasteiger partial charge in [-0.15, -0.1) is 0 Å². The van der Waals surface area contributed by atoms with Gasteiger partial charge in [-0.1, -0.05) is 19.3 Å². The largest absolute Gasteiger partial charge is 0.460 e. The fraction of sp³-hybridized carbons (Fsp3) is 1.00. The number of unbranched alkanes of at least 4 members (excludes halogenated alkanes) is 4. The first-order chi connectivity index (χ1) is 12.8. The highest BCUT2D eigenvalue weighted by Crippen LogP contribution is 2.54. The van der Waals surface area contributed by atoms with Crippen LogP contribution in [0.15, 0.2) is 0 Å². The van der Waals surface area contributed by atoms with Gasteiger partial charge in [0.1, 0.15) is 0 Å². The summed E-state index contributed by atoms with van der Waals surface area (Å²) in [4.78, 5) is 0. The van der Waals surface area contributed by atoms with E-state index in [0.29, 0.717) is 32.5 Å². The molecule has 168 valence electrons. The van der Waals surface area contributed by atoms with E-state index in [1.807, 2.05) is 0 Å². The number of hydrogen-bond acceptors (Lipinski definition) is 2. The predicted octanol–water partition coefficient (Wildman–Crippen LogP) is 6.38. The summed E-state index contributed by atoms with van der Waals surface area (Å²) in [7, 11) is 0. The molecule has 0 aromatic rings. The molecule has 0 bridgehead atoms. The van der Waals surface area contributed by atoms with E-state index < -0.39 is 36.8 Å². The molecule has 0 N–H and O–H groups in total. The summed E-state index contributed by atoms with van der Waals surface area (Å²) in [6, 6.07) is 0. The first kappa shape index (κ1) is 25.3. The first-order valence-electron chi connectivity index (χ1n) is 9.22. The summed E-state index contributed by atoms with van der Waals surface area (Å²) >= 11 is 0. The minimum atomic E-state index is -6.80. The van der Waals surface area contributed by atoms with Crippen molar-refractivity contribution in [2.45, 2.75) is 87.8 Å². The van der Waals surface area contributed by atoms with Crippen molar-refractivity contribution in [3.05, 3.63) is 0 Å². The molecule has 1 saturated heterocycles. The maximum Gasteiger partial charge on any atom is 0.460 e. The molecule has 0 spiro atoms. The summed E-state index contributed by atoms with van der Waals surface area (Å²) < 4.78 is 125. The number of hydrogen-bond donors (Lipinski definition) is 0. The number of ether oxygens (including phenoxy) is 2. The molecule has 1 atom stereocenters. The first-order valence-corrected chi connectivity index (χ1v) is 9.22. The molecule has 1 rings (SSSR count). The molecule has 1 unspecified atom stereocenters. The highest BCUT2D eigenvalue weighted by atomic mass is 19.4. The minimum Gasteiger partial charge on any atom is -0.381 e. The van der Waals surface area contributed by atoms with Crippen LogP contribution in [0.1, 0.15) is 57.8 Å². The van der Waals surface area contributed by atoms with Crippen LogP contribution in [0.5, 0.6) is 0 Å². The molecule has 0 saturated carbocycles. The maximum absolute atomic E-state index is 13.3. The van der Waals surface area contributed by atoms with Gasteiger partial charge in [-0.3, -0.25) is 0 Å². The zero-order valence-corrected chi connectivity index (χ0v) is 15.3. The standard InChI is InChI=1S/C17H25F9O2/c18-14(19,15(20,21)16(22,23)17(24,25)26)9-4-2-1-3-5-10-27-12-8-13-7-6-11-28-13/h13H,1-12H2. The second kappa shape index (κ2) is 10.4. The van der Waals surface area contributed by atoms with Gasteiger partial charge in [-0.05, 0) is 32.1 Å². The smallest absolute Gasteiger partial charge is 0.381 e. The summed E-state index contributed by atoms with van der Waals surface area (Å²) in [6.45, 7) is 1.71. The van der Waals surface area contributed by atoms with Gasteiger partial charge in [0.15, 0.2) is 0 Å². The monoisotopic (exact) mass is 432 g/mol. The summed E-state index contributed by atoms with van der Waals surface area (Å²) in [6.07, 6.45) is -4.55. The van der Waals surface area contributed by atoms with Crippen LogP contribution >= 0.6 is 0 Å². The van der Waals surface area contributed by atoms with Crippen LogP contribution in [0.4, 0.5) is 39.5 Å². The Hall–Kier alpha value is -0.710. The third kappa shape index (κ3) is 6.67. The van der Waals surface area contributed by atoms with Gasteiger partial charge in [-0.25, -0.2) is 0 Å². The van der Waals surface area contributed by atoms with Crippen molar-refractivity contribution in [3.63, 3.8) is 0 Å². The van der Waals surface area contributed by atoms with Crippen LogP contribution < -0.4 is 0 Å². The lowest BCUT2D eigenvalue weighted by molar-refractivity contribution is -0.396. The Balaban J connectivity index is 2.16. The zero-order valence-electron chi connectivity index (χ0n) is 15.3.